The molecule has 0 spiro atoms. The summed E-state index contributed by atoms with van der Waals surface area (Å²) in [5.41, 5.74) is 2.64. The highest BCUT2D eigenvalue weighted by atomic mass is 32.2. The molecular weight excluding hydrogens is 562 g/mol. The molecule has 0 aliphatic carbocycles. The van der Waals surface area contributed by atoms with Crippen molar-refractivity contribution in [1.82, 2.24) is 24.7 Å². The number of benzene rings is 1. The smallest absolute Gasteiger partial charge is 0.231 e. The fourth-order valence-electron chi connectivity index (χ4n) is 5.36. The normalized spacial score (nSPS) is 26.1. The summed E-state index contributed by atoms with van der Waals surface area (Å²) in [4.78, 5) is 15.7. The summed E-state index contributed by atoms with van der Waals surface area (Å²) in [7, 11) is -0.818. The van der Waals surface area contributed by atoms with Crippen molar-refractivity contribution in [3.8, 4) is 0 Å². The number of rotatable bonds is 10. The Morgan fingerprint density at radius 2 is 1.93 bits per heavy atom. The number of hydrogen-bond acceptors (Lipinski definition) is 12. The Balaban J connectivity index is 1.34. The zero-order valence-corrected chi connectivity index (χ0v) is 24.1. The van der Waals surface area contributed by atoms with Crippen molar-refractivity contribution in [3.63, 3.8) is 0 Å². The quantitative estimate of drug-likeness (QED) is 0.195. The molecular formula is C28H35N7O6S. The van der Waals surface area contributed by atoms with E-state index in [9.17, 15) is 19.5 Å². The summed E-state index contributed by atoms with van der Waals surface area (Å²) < 4.78 is 25.0. The van der Waals surface area contributed by atoms with Gasteiger partial charge in [0, 0.05) is 41.0 Å². The summed E-state index contributed by atoms with van der Waals surface area (Å²) in [6.07, 6.45) is -0.274. The van der Waals surface area contributed by atoms with E-state index in [1.54, 1.807) is 15.5 Å². The minimum Gasteiger partial charge on any atom is -0.387 e. The number of aliphatic hydroxyl groups is 3. The standard InChI is InChI=1S/C28H35N7O6S/c1-2-18-14-20(41-33-18)24-22(37)23(38)27(40-24)35-15-29-21-25(30-19-9-12-42(39)13-10-19)31-28(32-26(21)35)34(16-36)11-8-17-6-4-3-5-7-17/h3-7,14-15,19,22-24,27,36-38H,2,8-13,16H2,1H3,(H,30,31,32)/t19?,22-,23+,24+,27+,42?/m0/s1. The largest absolute Gasteiger partial charge is 0.387 e. The van der Waals surface area contributed by atoms with Crippen LogP contribution in [0.25, 0.3) is 11.2 Å². The van der Waals surface area contributed by atoms with Gasteiger partial charge in [-0.3, -0.25) is 8.78 Å². The fraction of sp³-hybridized carbons (Fsp3) is 0.500. The highest BCUT2D eigenvalue weighted by molar-refractivity contribution is 7.85. The van der Waals surface area contributed by atoms with Crippen molar-refractivity contribution in [2.24, 2.45) is 0 Å². The number of imidazole rings is 1. The second-order valence-corrected chi connectivity index (χ2v) is 12.3. The van der Waals surface area contributed by atoms with Crippen LogP contribution in [0.2, 0.25) is 0 Å². The first kappa shape index (κ1) is 28.7. The molecule has 4 N–H and O–H groups in total. The van der Waals surface area contributed by atoms with Gasteiger partial charge in [0.2, 0.25) is 5.95 Å². The summed E-state index contributed by atoms with van der Waals surface area (Å²) in [6.45, 7) is 2.08. The van der Waals surface area contributed by atoms with Crippen LogP contribution >= 0.6 is 0 Å². The minimum absolute atomic E-state index is 0.0458. The maximum atomic E-state index is 11.9. The molecule has 0 unspecified atom stereocenters. The van der Waals surface area contributed by atoms with E-state index in [0.717, 1.165) is 18.4 Å². The molecule has 6 rings (SSSR count). The number of aliphatic hydroxyl groups excluding tert-OH is 3. The SMILES string of the molecule is CCc1cc([C@H]2O[C@@H](n3cnc4c(NC5CCS(=O)CC5)nc(N(CO)CCc5ccccc5)nc43)[C@H](O)[C@@H]2O)on1. The third kappa shape index (κ3) is 5.77. The molecule has 224 valence electrons. The van der Waals surface area contributed by atoms with E-state index >= 15 is 0 Å². The number of ether oxygens (including phenoxy) is 1. The van der Waals surface area contributed by atoms with E-state index in [2.05, 4.69) is 15.5 Å². The van der Waals surface area contributed by atoms with Gasteiger partial charge in [0.25, 0.3) is 0 Å². The van der Waals surface area contributed by atoms with Gasteiger partial charge in [-0.25, -0.2) is 4.98 Å². The second-order valence-electron chi connectivity index (χ2n) is 10.6. The molecule has 14 heteroatoms. The molecule has 13 nitrogen and oxygen atoms in total. The van der Waals surface area contributed by atoms with E-state index in [-0.39, 0.29) is 18.7 Å². The van der Waals surface area contributed by atoms with Crippen LogP contribution < -0.4 is 10.2 Å². The number of hydrogen-bond donors (Lipinski definition) is 4. The number of fused-ring (bicyclic) bond motifs is 1. The first-order valence-electron chi connectivity index (χ1n) is 14.2. The van der Waals surface area contributed by atoms with Gasteiger partial charge in [-0.1, -0.05) is 42.4 Å². The van der Waals surface area contributed by atoms with Gasteiger partial charge in [-0.2, -0.15) is 9.97 Å². The van der Waals surface area contributed by atoms with Gasteiger partial charge >= 0.3 is 0 Å². The molecule has 0 bridgehead atoms. The molecule has 0 saturated carbocycles. The number of nitrogens with one attached hydrogen (secondary N) is 1. The van der Waals surface area contributed by atoms with Crippen LogP contribution in [0.4, 0.5) is 11.8 Å². The van der Waals surface area contributed by atoms with E-state index in [0.29, 0.717) is 59.3 Å². The molecule has 0 radical (unpaired) electrons. The Morgan fingerprint density at radius 1 is 1.14 bits per heavy atom. The molecule has 2 aliphatic rings. The number of anilines is 2. The molecule has 42 heavy (non-hydrogen) atoms. The number of aryl methyl sites for hydroxylation is 1. The highest BCUT2D eigenvalue weighted by Gasteiger charge is 2.47. The molecule has 2 aliphatic heterocycles. The average molecular weight is 598 g/mol. The average Bonchev–Trinajstić information content (AvgIpc) is 3.73. The van der Waals surface area contributed by atoms with E-state index in [1.807, 2.05) is 37.3 Å². The van der Waals surface area contributed by atoms with Crippen LogP contribution in [0.5, 0.6) is 0 Å². The zero-order chi connectivity index (χ0) is 29.2. The van der Waals surface area contributed by atoms with E-state index in [1.165, 1.54) is 6.33 Å². The maximum Gasteiger partial charge on any atom is 0.231 e. The zero-order valence-electron chi connectivity index (χ0n) is 23.2. The molecule has 2 saturated heterocycles. The molecule has 3 aromatic heterocycles. The summed E-state index contributed by atoms with van der Waals surface area (Å²) >= 11 is 0. The van der Waals surface area contributed by atoms with Crippen molar-refractivity contribution in [1.29, 1.82) is 0 Å². The third-order valence-corrected chi connectivity index (χ3v) is 9.22. The van der Waals surface area contributed by atoms with Crippen molar-refractivity contribution >= 4 is 33.7 Å². The van der Waals surface area contributed by atoms with Crippen molar-refractivity contribution in [3.05, 3.63) is 59.7 Å². The van der Waals surface area contributed by atoms with Gasteiger partial charge in [0.1, 0.15) is 25.0 Å². The topological polar surface area (TPSA) is 172 Å². The minimum atomic E-state index is -1.31. The molecule has 1 aromatic carbocycles. The first-order valence-corrected chi connectivity index (χ1v) is 15.7. The number of aromatic nitrogens is 5. The van der Waals surface area contributed by atoms with Gasteiger partial charge in [-0.15, -0.1) is 0 Å². The van der Waals surface area contributed by atoms with Gasteiger partial charge < -0.3 is 34.8 Å². The van der Waals surface area contributed by atoms with Crippen LogP contribution in [0.1, 0.15) is 49.1 Å². The maximum absolute atomic E-state index is 11.9. The third-order valence-electron chi connectivity index (χ3n) is 7.84. The Morgan fingerprint density at radius 3 is 2.64 bits per heavy atom. The van der Waals surface area contributed by atoms with Crippen molar-refractivity contribution in [2.75, 3.05) is 35.0 Å². The van der Waals surface area contributed by atoms with Gasteiger partial charge in [0.15, 0.2) is 29.0 Å². The highest BCUT2D eigenvalue weighted by Crippen LogP contribution is 2.40. The lowest BCUT2D eigenvalue weighted by Crippen LogP contribution is -2.32. The lowest BCUT2D eigenvalue weighted by atomic mass is 10.1. The second kappa shape index (κ2) is 12.4. The molecule has 0 amide bonds. The lowest BCUT2D eigenvalue weighted by Gasteiger charge is -2.25. The van der Waals surface area contributed by atoms with Gasteiger partial charge in [0.05, 0.1) is 12.0 Å². The molecule has 2 fully saturated rings. The predicted octanol–water partition coefficient (Wildman–Crippen LogP) is 1.69. The summed E-state index contributed by atoms with van der Waals surface area (Å²) in [5.74, 6) is 2.28. The van der Waals surface area contributed by atoms with E-state index in [4.69, 9.17) is 19.2 Å². The van der Waals surface area contributed by atoms with Crippen LogP contribution in [0, 0.1) is 0 Å². The van der Waals surface area contributed by atoms with Crippen LogP contribution in [-0.4, -0.2) is 87.2 Å². The molecule has 4 atom stereocenters. The predicted molar refractivity (Wildman–Crippen MR) is 155 cm³/mol. The van der Waals surface area contributed by atoms with Crippen LogP contribution in [0.3, 0.4) is 0 Å². The Bertz CT molecular complexity index is 1520. The Hall–Kier alpha value is -3.43. The van der Waals surface area contributed by atoms with Crippen molar-refractivity contribution < 1.29 is 28.8 Å². The molecule has 5 heterocycles. The Labute approximate surface area is 245 Å². The van der Waals surface area contributed by atoms with Crippen LogP contribution in [-0.2, 0) is 28.4 Å². The summed E-state index contributed by atoms with van der Waals surface area (Å²) in [5, 5.41) is 39.7. The van der Waals surface area contributed by atoms with Crippen LogP contribution in [0.15, 0.2) is 47.2 Å². The summed E-state index contributed by atoms with van der Waals surface area (Å²) in [6, 6.07) is 11.7. The fourth-order valence-corrected chi connectivity index (χ4v) is 6.66. The first-order chi connectivity index (χ1) is 20.4. The number of nitrogens with zero attached hydrogens (tertiary/aromatic N) is 6. The molecule has 4 aromatic rings. The Kier molecular flexibility index (Phi) is 8.49. The van der Waals surface area contributed by atoms with E-state index < -0.39 is 35.3 Å². The van der Waals surface area contributed by atoms with Crippen molar-refractivity contribution in [2.45, 2.75) is 63.2 Å². The van der Waals surface area contributed by atoms with Gasteiger partial charge in [-0.05, 0) is 31.2 Å². The monoisotopic (exact) mass is 597 g/mol. The lowest BCUT2D eigenvalue weighted by molar-refractivity contribution is -0.0434.